The molecule has 13 N–H and O–H groups in total. The van der Waals surface area contributed by atoms with Crippen molar-refractivity contribution in [2.45, 2.75) is 143 Å². The second kappa shape index (κ2) is 20.3. The zero-order valence-corrected chi connectivity index (χ0v) is 33.3. The largest absolute Gasteiger partial charge is 0.479 e. The Labute approximate surface area is 344 Å². The lowest BCUT2D eigenvalue weighted by Crippen LogP contribution is -2.71. The van der Waals surface area contributed by atoms with Crippen molar-refractivity contribution in [1.29, 1.82) is 0 Å². The third-order valence-electron chi connectivity index (χ3n) is 9.63. The quantitative estimate of drug-likeness (QED) is 0.0639. The molecule has 4 fully saturated rings. The molecule has 20 atom stereocenters. The van der Waals surface area contributed by atoms with E-state index in [1.165, 1.54) is 6.92 Å². The van der Waals surface area contributed by atoms with Crippen molar-refractivity contribution in [1.82, 2.24) is 10.6 Å². The highest BCUT2D eigenvalue weighted by Gasteiger charge is 2.58. The molecule has 2 amide bonds. The second-order valence-corrected chi connectivity index (χ2v) is 16.1. The summed E-state index contributed by atoms with van der Waals surface area (Å²) in [6, 6.07) is -3.57. The summed E-state index contributed by atoms with van der Waals surface area (Å²) >= 11 is 0. The van der Waals surface area contributed by atoms with Gasteiger partial charge in [-0.25, -0.2) is 18.0 Å². The third kappa shape index (κ3) is 12.2. The predicted octanol–water partition coefficient (Wildman–Crippen LogP) is -8.55. The first-order chi connectivity index (χ1) is 28.2. The molecule has 352 valence electrons. The number of carbonyl (C=O) groups is 4. The number of aliphatic carboxylic acids is 2. The Morgan fingerprint density at radius 1 is 0.541 bits per heavy atom. The van der Waals surface area contributed by atoms with Gasteiger partial charge in [0.25, 0.3) is 0 Å². The number of hydrogen-bond acceptors (Lipinski definition) is 24. The topological polar surface area (TPSA) is 466 Å². The van der Waals surface area contributed by atoms with Gasteiger partial charge in [0.15, 0.2) is 31.1 Å². The first-order valence-corrected chi connectivity index (χ1v) is 20.4. The van der Waals surface area contributed by atoms with E-state index in [9.17, 15) is 91.1 Å². The number of nitrogens with one attached hydrogen (secondary N) is 2. The van der Waals surface area contributed by atoms with Crippen LogP contribution in [0, 0.1) is 0 Å². The Bertz CT molecular complexity index is 1790. The highest BCUT2D eigenvalue weighted by molar-refractivity contribution is 7.81. The predicted molar refractivity (Wildman–Crippen MR) is 182 cm³/mol. The number of aliphatic hydroxyl groups is 7. The van der Waals surface area contributed by atoms with Crippen molar-refractivity contribution in [2.75, 3.05) is 13.2 Å². The molecule has 4 saturated heterocycles. The summed E-state index contributed by atoms with van der Waals surface area (Å²) in [6.07, 6.45) is -39.6. The summed E-state index contributed by atoms with van der Waals surface area (Å²) in [6.45, 7) is 0.870. The summed E-state index contributed by atoms with van der Waals surface area (Å²) in [7, 11) is -11.0. The van der Waals surface area contributed by atoms with Crippen LogP contribution in [0.25, 0.3) is 0 Å². The fourth-order valence-electron chi connectivity index (χ4n) is 7.02. The number of carbonyl (C=O) groups excluding carboxylic acids is 2. The van der Waals surface area contributed by atoms with Gasteiger partial charge in [-0.1, -0.05) is 0 Å². The van der Waals surface area contributed by atoms with Gasteiger partial charge in [-0.15, -0.1) is 0 Å². The zero-order valence-electron chi connectivity index (χ0n) is 31.6. The molecular weight excluding hydrogens is 888 g/mol. The van der Waals surface area contributed by atoms with Crippen LogP contribution in [0.1, 0.15) is 20.8 Å². The number of ether oxygens (including phenoxy) is 7. The Balaban J connectivity index is 1.73. The lowest BCUT2D eigenvalue weighted by molar-refractivity contribution is -0.364. The van der Waals surface area contributed by atoms with E-state index in [2.05, 4.69) is 19.0 Å². The number of amides is 2. The molecule has 32 heteroatoms. The molecule has 0 radical (unpaired) electrons. The number of hydrogen-bond donors (Lipinski definition) is 13. The van der Waals surface area contributed by atoms with E-state index >= 15 is 0 Å². The van der Waals surface area contributed by atoms with Crippen LogP contribution in [0.15, 0.2) is 0 Å². The summed E-state index contributed by atoms with van der Waals surface area (Å²) in [5.41, 5.74) is 0. The molecule has 0 aromatic rings. The van der Waals surface area contributed by atoms with Gasteiger partial charge in [0.1, 0.15) is 79.3 Å². The molecule has 4 rings (SSSR count). The second-order valence-electron chi connectivity index (χ2n) is 14.0. The molecule has 4 aliphatic rings. The molecule has 20 unspecified atom stereocenters. The highest BCUT2D eigenvalue weighted by Crippen LogP contribution is 2.36. The monoisotopic (exact) mass is 934 g/mol. The van der Waals surface area contributed by atoms with Crippen molar-refractivity contribution >= 4 is 44.6 Å². The molecule has 4 heterocycles. The molecule has 0 aliphatic carbocycles. The van der Waals surface area contributed by atoms with Gasteiger partial charge in [-0.3, -0.25) is 18.7 Å². The van der Waals surface area contributed by atoms with E-state index in [1.807, 2.05) is 0 Å². The minimum atomic E-state index is -5.58. The Kier molecular flexibility index (Phi) is 16.8. The van der Waals surface area contributed by atoms with E-state index < -0.39 is 180 Å². The van der Waals surface area contributed by atoms with Crippen LogP contribution < -0.4 is 10.6 Å². The van der Waals surface area contributed by atoms with Gasteiger partial charge in [0.2, 0.25) is 11.8 Å². The van der Waals surface area contributed by atoms with Gasteiger partial charge in [-0.05, 0) is 6.92 Å². The Morgan fingerprint density at radius 3 is 1.39 bits per heavy atom. The van der Waals surface area contributed by atoms with Crippen LogP contribution in [0.2, 0.25) is 0 Å². The van der Waals surface area contributed by atoms with Gasteiger partial charge in [0.05, 0.1) is 25.4 Å². The molecule has 30 nitrogen and oxygen atoms in total. The molecule has 0 aromatic heterocycles. The summed E-state index contributed by atoms with van der Waals surface area (Å²) in [5.74, 6) is -5.74. The van der Waals surface area contributed by atoms with Gasteiger partial charge in [-0.2, -0.15) is 16.8 Å². The average Bonchev–Trinajstić information content (AvgIpc) is 3.13. The third-order valence-corrected chi connectivity index (χ3v) is 10.6. The maximum Gasteiger partial charge on any atom is 0.397 e. The van der Waals surface area contributed by atoms with E-state index in [1.54, 1.807) is 0 Å². The van der Waals surface area contributed by atoms with Gasteiger partial charge in [0, 0.05) is 13.8 Å². The Morgan fingerprint density at radius 2 is 0.951 bits per heavy atom. The minimum absolute atomic E-state index is 0.780. The molecule has 0 spiro atoms. The number of carboxylic acid groups (broad SMARTS) is 2. The number of rotatable bonds is 16. The van der Waals surface area contributed by atoms with Crippen LogP contribution in [0.4, 0.5) is 0 Å². The van der Waals surface area contributed by atoms with Crippen LogP contribution in [-0.4, -0.2) is 231 Å². The fourth-order valence-corrected chi connectivity index (χ4v) is 8.05. The summed E-state index contributed by atoms with van der Waals surface area (Å²) in [4.78, 5) is 49.1. The fraction of sp³-hybridized carbons (Fsp3) is 0.862. The molecule has 4 aliphatic heterocycles. The Hall–Kier alpha value is -2.94. The first-order valence-electron chi connectivity index (χ1n) is 17.7. The summed E-state index contributed by atoms with van der Waals surface area (Å²) in [5, 5.41) is 98.1. The van der Waals surface area contributed by atoms with Gasteiger partial charge < -0.3 is 89.8 Å². The average molecular weight is 935 g/mol. The van der Waals surface area contributed by atoms with Gasteiger partial charge >= 0.3 is 32.7 Å². The molecule has 0 saturated carbocycles. The normalized spacial score (nSPS) is 42.3. The number of carboxylic acids is 2. The summed E-state index contributed by atoms with van der Waals surface area (Å²) < 4.78 is 114. The van der Waals surface area contributed by atoms with E-state index in [4.69, 9.17) is 33.2 Å². The SMILES string of the molecule is CC(=O)NC1C(C)OC(CO)C(OS(=O)(=O)O)C1OC1OC(C(=O)O)C(OC2OC(CO)C(OS(=O)(=O)O)C(OC3OC(C(=O)O)C(O)C(O)C3O)C2NC(C)=O)C(O)C1O. The van der Waals surface area contributed by atoms with Crippen molar-refractivity contribution in [3.63, 3.8) is 0 Å². The molecule has 0 bridgehead atoms. The van der Waals surface area contributed by atoms with Crippen LogP contribution in [0.3, 0.4) is 0 Å². The first kappa shape index (κ1) is 50.7. The van der Waals surface area contributed by atoms with E-state index in [0.29, 0.717) is 0 Å². The van der Waals surface area contributed by atoms with Crippen LogP contribution in [-0.2, 0) is 81.5 Å². The highest BCUT2D eigenvalue weighted by atomic mass is 32.3. The maximum absolute atomic E-state index is 12.7. The van der Waals surface area contributed by atoms with Crippen LogP contribution >= 0.6 is 0 Å². The lowest BCUT2D eigenvalue weighted by Gasteiger charge is -2.50. The maximum atomic E-state index is 12.7. The standard InChI is InChI=1S/C29H46N2O28S2/c1-6-11(30-7(2)34)20(18(9(4-32)51-6)58-60(45,46)47)53-29-17(40)15(38)22(24(57-29)26(43)44)55-27-12(31-8(3)35)21(19(10(5-33)52-27)59-61(48,49)50)54-28-16(39)13(36)14(37)23(56-28)25(41)42/h6,9-24,27-29,32-33,36-40H,4-5H2,1-3H3,(H,30,34)(H,31,35)(H,41,42)(H,43,44)(H,45,46,47)(H,48,49,50). The zero-order chi connectivity index (χ0) is 46.0. The lowest BCUT2D eigenvalue weighted by atomic mass is 9.92. The van der Waals surface area contributed by atoms with Crippen molar-refractivity contribution in [3.05, 3.63) is 0 Å². The van der Waals surface area contributed by atoms with E-state index in [-0.39, 0.29) is 0 Å². The van der Waals surface area contributed by atoms with Crippen molar-refractivity contribution < 1.29 is 133 Å². The van der Waals surface area contributed by atoms with Crippen LogP contribution in [0.5, 0.6) is 0 Å². The number of aliphatic hydroxyl groups excluding tert-OH is 7. The smallest absolute Gasteiger partial charge is 0.397 e. The molecular formula is C29H46N2O28S2. The van der Waals surface area contributed by atoms with Crippen molar-refractivity contribution in [2.24, 2.45) is 0 Å². The van der Waals surface area contributed by atoms with E-state index in [0.717, 1.165) is 13.8 Å². The minimum Gasteiger partial charge on any atom is -0.479 e. The molecule has 61 heavy (non-hydrogen) atoms. The van der Waals surface area contributed by atoms with Crippen molar-refractivity contribution in [3.8, 4) is 0 Å². The molecule has 0 aromatic carbocycles.